The van der Waals surface area contributed by atoms with Gasteiger partial charge in [0.2, 0.25) is 0 Å². The van der Waals surface area contributed by atoms with Crippen molar-refractivity contribution in [1.29, 1.82) is 0 Å². The third-order valence-corrected chi connectivity index (χ3v) is 3.81. The zero-order chi connectivity index (χ0) is 12.8. The molecule has 1 rings (SSSR count). The highest BCUT2D eigenvalue weighted by atomic mass is 79.9. The number of rotatable bonds is 5. The maximum Gasteiger partial charge on any atom is 0.305 e. The molecule has 0 saturated heterocycles. The van der Waals surface area contributed by atoms with Crippen LogP contribution in [0.25, 0.3) is 0 Å². The SMILES string of the molecule is CCOC(=O)CCC(Cl)c1ccc(Br)c(C)c1. The molecule has 4 heteroatoms. The molecule has 0 aliphatic heterocycles. The first-order valence-corrected chi connectivity index (χ1v) is 6.83. The molecule has 0 N–H and O–H groups in total. The number of hydrogen-bond acceptors (Lipinski definition) is 2. The van der Waals surface area contributed by atoms with E-state index in [1.165, 1.54) is 0 Å². The molecule has 0 amide bonds. The number of halogens is 2. The molecule has 94 valence electrons. The lowest BCUT2D eigenvalue weighted by Crippen LogP contribution is -2.05. The normalized spacial score (nSPS) is 12.2. The van der Waals surface area contributed by atoms with Crippen LogP contribution in [-0.4, -0.2) is 12.6 Å². The zero-order valence-corrected chi connectivity index (χ0v) is 12.3. The number of aryl methyl sites for hydroxylation is 1. The molecule has 1 atom stereocenters. The van der Waals surface area contributed by atoms with Crippen molar-refractivity contribution in [3.63, 3.8) is 0 Å². The fourth-order valence-electron chi connectivity index (χ4n) is 1.51. The van der Waals surface area contributed by atoms with Gasteiger partial charge in [0.1, 0.15) is 0 Å². The second-order valence-electron chi connectivity index (χ2n) is 3.82. The van der Waals surface area contributed by atoms with Crippen molar-refractivity contribution >= 4 is 33.5 Å². The molecule has 1 aromatic carbocycles. The van der Waals surface area contributed by atoms with E-state index in [1.54, 1.807) is 6.92 Å². The van der Waals surface area contributed by atoms with Crippen LogP contribution in [0.2, 0.25) is 0 Å². The predicted molar refractivity (Wildman–Crippen MR) is 73.3 cm³/mol. The first kappa shape index (κ1) is 14.5. The highest BCUT2D eigenvalue weighted by Gasteiger charge is 2.12. The smallest absolute Gasteiger partial charge is 0.305 e. The molecule has 0 saturated carbocycles. The Morgan fingerprint density at radius 3 is 2.82 bits per heavy atom. The van der Waals surface area contributed by atoms with E-state index in [-0.39, 0.29) is 11.3 Å². The van der Waals surface area contributed by atoms with E-state index in [0.29, 0.717) is 19.4 Å². The highest BCUT2D eigenvalue weighted by Crippen LogP contribution is 2.28. The van der Waals surface area contributed by atoms with Crippen molar-refractivity contribution in [2.24, 2.45) is 0 Å². The summed E-state index contributed by atoms with van der Waals surface area (Å²) in [7, 11) is 0. The lowest BCUT2D eigenvalue weighted by molar-refractivity contribution is -0.143. The molecule has 0 bridgehead atoms. The molecule has 0 aliphatic carbocycles. The summed E-state index contributed by atoms with van der Waals surface area (Å²) in [6.07, 6.45) is 0.957. The monoisotopic (exact) mass is 318 g/mol. The quantitative estimate of drug-likeness (QED) is 0.594. The first-order valence-electron chi connectivity index (χ1n) is 5.60. The van der Waals surface area contributed by atoms with Crippen molar-refractivity contribution in [2.45, 2.75) is 32.1 Å². The van der Waals surface area contributed by atoms with Crippen molar-refractivity contribution in [3.05, 3.63) is 33.8 Å². The van der Waals surface area contributed by atoms with Crippen LogP contribution in [0.3, 0.4) is 0 Å². The second kappa shape index (κ2) is 7.02. The summed E-state index contributed by atoms with van der Waals surface area (Å²) in [6, 6.07) is 5.98. The van der Waals surface area contributed by atoms with Gasteiger partial charge in [0.05, 0.1) is 12.0 Å². The Labute approximate surface area is 115 Å². The van der Waals surface area contributed by atoms with Gasteiger partial charge in [-0.3, -0.25) is 4.79 Å². The van der Waals surface area contributed by atoms with Gasteiger partial charge < -0.3 is 4.74 Å². The summed E-state index contributed by atoms with van der Waals surface area (Å²) >= 11 is 9.70. The van der Waals surface area contributed by atoms with E-state index >= 15 is 0 Å². The third kappa shape index (κ3) is 4.68. The molecule has 0 spiro atoms. The summed E-state index contributed by atoms with van der Waals surface area (Å²) in [6.45, 7) is 4.24. The Morgan fingerprint density at radius 1 is 1.53 bits per heavy atom. The molecule has 0 radical (unpaired) electrons. The molecular weight excluding hydrogens is 303 g/mol. The van der Waals surface area contributed by atoms with Gasteiger partial charge >= 0.3 is 5.97 Å². The molecule has 0 aromatic heterocycles. The van der Waals surface area contributed by atoms with Crippen LogP contribution in [-0.2, 0) is 9.53 Å². The van der Waals surface area contributed by atoms with Gasteiger partial charge in [-0.1, -0.05) is 28.1 Å². The first-order chi connectivity index (χ1) is 8.04. The van der Waals surface area contributed by atoms with Gasteiger partial charge in [-0.25, -0.2) is 0 Å². The van der Waals surface area contributed by atoms with Crippen LogP contribution in [0.1, 0.15) is 36.3 Å². The summed E-state index contributed by atoms with van der Waals surface area (Å²) in [5.41, 5.74) is 2.18. The Morgan fingerprint density at radius 2 is 2.24 bits per heavy atom. The summed E-state index contributed by atoms with van der Waals surface area (Å²) in [5, 5.41) is -0.147. The number of carbonyl (C=O) groups is 1. The van der Waals surface area contributed by atoms with Crippen molar-refractivity contribution in [2.75, 3.05) is 6.61 Å². The van der Waals surface area contributed by atoms with E-state index in [9.17, 15) is 4.79 Å². The van der Waals surface area contributed by atoms with E-state index in [2.05, 4.69) is 15.9 Å². The van der Waals surface area contributed by atoms with Gasteiger partial charge in [-0.15, -0.1) is 11.6 Å². The molecule has 1 aromatic rings. The average molecular weight is 320 g/mol. The van der Waals surface area contributed by atoms with Crippen LogP contribution in [0.5, 0.6) is 0 Å². The molecule has 0 fully saturated rings. The van der Waals surface area contributed by atoms with Crippen LogP contribution >= 0.6 is 27.5 Å². The Hall–Kier alpha value is -0.540. The summed E-state index contributed by atoms with van der Waals surface area (Å²) in [4.78, 5) is 11.2. The largest absolute Gasteiger partial charge is 0.466 e. The lowest BCUT2D eigenvalue weighted by atomic mass is 10.1. The highest BCUT2D eigenvalue weighted by molar-refractivity contribution is 9.10. The predicted octanol–water partition coefficient (Wildman–Crippen LogP) is 4.38. The maximum absolute atomic E-state index is 11.2. The summed E-state index contributed by atoms with van der Waals surface area (Å²) in [5.74, 6) is -0.188. The van der Waals surface area contributed by atoms with Crippen LogP contribution in [0.4, 0.5) is 0 Å². The minimum atomic E-state index is -0.188. The number of benzene rings is 1. The van der Waals surface area contributed by atoms with Gasteiger partial charge in [0, 0.05) is 10.9 Å². The van der Waals surface area contributed by atoms with Crippen molar-refractivity contribution < 1.29 is 9.53 Å². The van der Waals surface area contributed by atoms with E-state index in [4.69, 9.17) is 16.3 Å². The van der Waals surface area contributed by atoms with Gasteiger partial charge in [-0.05, 0) is 37.5 Å². The lowest BCUT2D eigenvalue weighted by Gasteiger charge is -2.11. The molecular formula is C13H16BrClO2. The van der Waals surface area contributed by atoms with Crippen LogP contribution in [0.15, 0.2) is 22.7 Å². The zero-order valence-electron chi connectivity index (χ0n) is 10.0. The van der Waals surface area contributed by atoms with E-state index < -0.39 is 0 Å². The maximum atomic E-state index is 11.2. The van der Waals surface area contributed by atoms with Gasteiger partial charge in [-0.2, -0.15) is 0 Å². The topological polar surface area (TPSA) is 26.3 Å². The molecule has 2 nitrogen and oxygen atoms in total. The summed E-state index contributed by atoms with van der Waals surface area (Å²) < 4.78 is 5.93. The Kier molecular flexibility index (Phi) is 6.00. The minimum Gasteiger partial charge on any atom is -0.466 e. The average Bonchev–Trinajstić information content (AvgIpc) is 2.30. The Balaban J connectivity index is 2.54. The fourth-order valence-corrected chi connectivity index (χ4v) is 2.00. The third-order valence-electron chi connectivity index (χ3n) is 2.45. The Bertz CT molecular complexity index is 393. The number of esters is 1. The molecule has 17 heavy (non-hydrogen) atoms. The molecule has 0 aliphatic rings. The molecule has 0 heterocycles. The number of alkyl halides is 1. The second-order valence-corrected chi connectivity index (χ2v) is 5.20. The van der Waals surface area contributed by atoms with Crippen LogP contribution in [0, 0.1) is 6.92 Å². The van der Waals surface area contributed by atoms with Gasteiger partial charge in [0.15, 0.2) is 0 Å². The van der Waals surface area contributed by atoms with E-state index in [1.807, 2.05) is 25.1 Å². The van der Waals surface area contributed by atoms with Crippen LogP contribution < -0.4 is 0 Å². The van der Waals surface area contributed by atoms with E-state index in [0.717, 1.165) is 15.6 Å². The number of hydrogen-bond donors (Lipinski definition) is 0. The minimum absolute atomic E-state index is 0.147. The van der Waals surface area contributed by atoms with Crippen molar-refractivity contribution in [1.82, 2.24) is 0 Å². The van der Waals surface area contributed by atoms with Crippen molar-refractivity contribution in [3.8, 4) is 0 Å². The number of carbonyl (C=O) groups excluding carboxylic acids is 1. The molecule has 1 unspecified atom stereocenters. The standard InChI is InChI=1S/C13H16BrClO2/c1-3-17-13(16)7-6-12(15)10-4-5-11(14)9(2)8-10/h4-5,8,12H,3,6-7H2,1-2H3. The number of ether oxygens (including phenoxy) is 1. The van der Waals surface area contributed by atoms with Gasteiger partial charge in [0.25, 0.3) is 0 Å². The fraction of sp³-hybridized carbons (Fsp3) is 0.462.